The van der Waals surface area contributed by atoms with Crippen LogP contribution in [0.5, 0.6) is 0 Å². The summed E-state index contributed by atoms with van der Waals surface area (Å²) in [5, 5.41) is 3.35. The first-order chi connectivity index (χ1) is 10.9. The maximum atomic E-state index is 11.8. The van der Waals surface area contributed by atoms with Crippen molar-refractivity contribution < 1.29 is 8.42 Å². The average Bonchev–Trinajstić information content (AvgIpc) is 2.84. The van der Waals surface area contributed by atoms with Crippen LogP contribution in [0.1, 0.15) is 45.4 Å². The number of hydrogen-bond donors (Lipinski definition) is 1. The molecule has 1 aromatic rings. The standard InChI is InChI=1S/C16H28N4O2S/c1-4-6-7-9-17-15-11-16(19-13(3)18-15)20(5-2)14-8-10-23(21,22)12-14/h11,14H,4-10,12H2,1-3H3,(H,17,18,19). The maximum Gasteiger partial charge on any atom is 0.152 e. The van der Waals surface area contributed by atoms with E-state index in [0.717, 1.165) is 31.1 Å². The number of nitrogens with zero attached hydrogens (tertiary/aromatic N) is 3. The van der Waals surface area contributed by atoms with Crippen LogP contribution >= 0.6 is 0 Å². The van der Waals surface area contributed by atoms with Crippen molar-refractivity contribution in [3.8, 4) is 0 Å². The van der Waals surface area contributed by atoms with Gasteiger partial charge in [0.2, 0.25) is 0 Å². The molecule has 1 fully saturated rings. The van der Waals surface area contributed by atoms with Gasteiger partial charge in [0.25, 0.3) is 0 Å². The van der Waals surface area contributed by atoms with Gasteiger partial charge in [0, 0.05) is 25.2 Å². The molecular formula is C16H28N4O2S. The van der Waals surface area contributed by atoms with E-state index in [2.05, 4.69) is 27.1 Å². The largest absolute Gasteiger partial charge is 0.370 e. The summed E-state index contributed by atoms with van der Waals surface area (Å²) in [6.45, 7) is 7.73. The molecule has 0 aliphatic carbocycles. The van der Waals surface area contributed by atoms with Crippen LogP contribution in [0.25, 0.3) is 0 Å². The molecular weight excluding hydrogens is 312 g/mol. The minimum atomic E-state index is -2.90. The topological polar surface area (TPSA) is 75.2 Å². The lowest BCUT2D eigenvalue weighted by atomic mass is 10.2. The highest BCUT2D eigenvalue weighted by Gasteiger charge is 2.32. The van der Waals surface area contributed by atoms with Crippen molar-refractivity contribution in [2.45, 2.75) is 52.5 Å². The molecule has 2 rings (SSSR count). The number of anilines is 2. The van der Waals surface area contributed by atoms with Crippen LogP contribution in [0.3, 0.4) is 0 Å². The molecule has 0 saturated carbocycles. The average molecular weight is 340 g/mol. The monoisotopic (exact) mass is 340 g/mol. The van der Waals surface area contributed by atoms with Crippen LogP contribution in [-0.4, -0.2) is 49.0 Å². The first kappa shape index (κ1) is 18.0. The first-order valence-corrected chi connectivity index (χ1v) is 10.3. The van der Waals surface area contributed by atoms with Crippen LogP contribution in [0.4, 0.5) is 11.6 Å². The van der Waals surface area contributed by atoms with Gasteiger partial charge in [-0.1, -0.05) is 19.8 Å². The second-order valence-electron chi connectivity index (χ2n) is 6.14. The van der Waals surface area contributed by atoms with E-state index in [-0.39, 0.29) is 17.5 Å². The third-order valence-corrected chi connectivity index (χ3v) is 5.95. The van der Waals surface area contributed by atoms with E-state index < -0.39 is 9.84 Å². The van der Waals surface area contributed by atoms with Crippen molar-refractivity contribution in [2.75, 3.05) is 34.8 Å². The third-order valence-electron chi connectivity index (χ3n) is 4.20. The van der Waals surface area contributed by atoms with E-state index in [0.29, 0.717) is 12.2 Å². The van der Waals surface area contributed by atoms with Crippen molar-refractivity contribution in [1.29, 1.82) is 0 Å². The van der Waals surface area contributed by atoms with Gasteiger partial charge in [-0.3, -0.25) is 0 Å². The summed E-state index contributed by atoms with van der Waals surface area (Å²) in [7, 11) is -2.90. The number of sulfone groups is 1. The molecule has 23 heavy (non-hydrogen) atoms. The van der Waals surface area contributed by atoms with E-state index in [1.54, 1.807) is 0 Å². The van der Waals surface area contributed by atoms with E-state index in [1.807, 2.05) is 19.9 Å². The Kier molecular flexibility index (Phi) is 6.21. The molecule has 1 saturated heterocycles. The van der Waals surface area contributed by atoms with E-state index in [9.17, 15) is 8.42 Å². The summed E-state index contributed by atoms with van der Waals surface area (Å²) in [4.78, 5) is 11.1. The number of unbranched alkanes of at least 4 members (excludes halogenated alkanes) is 2. The molecule has 6 nitrogen and oxygen atoms in total. The Bertz CT molecular complexity index is 619. The number of aromatic nitrogens is 2. The summed E-state index contributed by atoms with van der Waals surface area (Å²) < 4.78 is 23.5. The molecule has 0 aromatic carbocycles. The number of aryl methyl sites for hydroxylation is 1. The van der Waals surface area contributed by atoms with Crippen LogP contribution in [0, 0.1) is 6.92 Å². The van der Waals surface area contributed by atoms with Gasteiger partial charge >= 0.3 is 0 Å². The third kappa shape index (κ3) is 5.06. The van der Waals surface area contributed by atoms with Gasteiger partial charge in [0.1, 0.15) is 17.5 Å². The molecule has 1 aliphatic rings. The fourth-order valence-corrected chi connectivity index (χ4v) is 4.74. The zero-order valence-electron chi connectivity index (χ0n) is 14.4. The Balaban J connectivity index is 2.12. The fourth-order valence-electron chi connectivity index (χ4n) is 3.01. The Morgan fingerprint density at radius 3 is 2.70 bits per heavy atom. The van der Waals surface area contributed by atoms with Crippen LogP contribution < -0.4 is 10.2 Å². The summed E-state index contributed by atoms with van der Waals surface area (Å²) >= 11 is 0. The molecule has 0 amide bonds. The zero-order chi connectivity index (χ0) is 16.9. The van der Waals surface area contributed by atoms with Gasteiger partial charge < -0.3 is 10.2 Å². The minimum absolute atomic E-state index is 0.0206. The highest BCUT2D eigenvalue weighted by atomic mass is 32.2. The lowest BCUT2D eigenvalue weighted by Crippen LogP contribution is -2.37. The molecule has 1 aliphatic heterocycles. The summed E-state index contributed by atoms with van der Waals surface area (Å²) in [5.74, 6) is 2.85. The normalized spacial score (nSPS) is 19.7. The Morgan fingerprint density at radius 1 is 1.30 bits per heavy atom. The molecule has 1 N–H and O–H groups in total. The van der Waals surface area contributed by atoms with Gasteiger partial charge in [0.05, 0.1) is 11.5 Å². The van der Waals surface area contributed by atoms with Crippen molar-refractivity contribution in [3.63, 3.8) is 0 Å². The lowest BCUT2D eigenvalue weighted by molar-refractivity contribution is 0.599. The SMILES string of the molecule is CCCCCNc1cc(N(CC)C2CCS(=O)(=O)C2)nc(C)n1. The zero-order valence-corrected chi connectivity index (χ0v) is 15.2. The molecule has 0 radical (unpaired) electrons. The van der Waals surface area contributed by atoms with Crippen LogP contribution in [-0.2, 0) is 9.84 Å². The van der Waals surface area contributed by atoms with Gasteiger partial charge in [-0.2, -0.15) is 0 Å². The predicted octanol–water partition coefficient (Wildman–Crippen LogP) is 2.40. The van der Waals surface area contributed by atoms with Gasteiger partial charge in [-0.15, -0.1) is 0 Å². The summed E-state index contributed by atoms with van der Waals surface area (Å²) in [6.07, 6.45) is 4.19. The van der Waals surface area contributed by atoms with Crippen molar-refractivity contribution in [2.24, 2.45) is 0 Å². The second-order valence-corrected chi connectivity index (χ2v) is 8.36. The van der Waals surface area contributed by atoms with E-state index in [1.165, 1.54) is 12.8 Å². The molecule has 0 bridgehead atoms. The molecule has 1 unspecified atom stereocenters. The highest BCUT2D eigenvalue weighted by molar-refractivity contribution is 7.91. The smallest absolute Gasteiger partial charge is 0.152 e. The summed E-state index contributed by atoms with van der Waals surface area (Å²) in [6, 6.07) is 1.96. The molecule has 7 heteroatoms. The first-order valence-electron chi connectivity index (χ1n) is 8.51. The van der Waals surface area contributed by atoms with Gasteiger partial charge in [-0.05, 0) is 26.7 Å². The quantitative estimate of drug-likeness (QED) is 0.733. The minimum Gasteiger partial charge on any atom is -0.370 e. The second kappa shape index (κ2) is 7.95. The number of hydrogen-bond acceptors (Lipinski definition) is 6. The number of rotatable bonds is 8. The fraction of sp³-hybridized carbons (Fsp3) is 0.750. The predicted molar refractivity (Wildman–Crippen MR) is 94.9 cm³/mol. The Hall–Kier alpha value is -1.37. The van der Waals surface area contributed by atoms with Crippen molar-refractivity contribution in [3.05, 3.63) is 11.9 Å². The van der Waals surface area contributed by atoms with Crippen LogP contribution in [0.15, 0.2) is 6.07 Å². The molecule has 0 spiro atoms. The lowest BCUT2D eigenvalue weighted by Gasteiger charge is -2.28. The molecule has 130 valence electrons. The Labute approximate surface area is 139 Å². The molecule has 1 aromatic heterocycles. The molecule has 1 atom stereocenters. The maximum absolute atomic E-state index is 11.8. The van der Waals surface area contributed by atoms with Crippen molar-refractivity contribution in [1.82, 2.24) is 9.97 Å². The van der Waals surface area contributed by atoms with Crippen molar-refractivity contribution >= 4 is 21.5 Å². The van der Waals surface area contributed by atoms with E-state index in [4.69, 9.17) is 0 Å². The Morgan fingerprint density at radius 2 is 2.09 bits per heavy atom. The number of nitrogens with one attached hydrogen (secondary N) is 1. The van der Waals surface area contributed by atoms with Gasteiger partial charge in [0.15, 0.2) is 9.84 Å². The highest BCUT2D eigenvalue weighted by Crippen LogP contribution is 2.24. The van der Waals surface area contributed by atoms with Gasteiger partial charge in [-0.25, -0.2) is 18.4 Å². The summed E-state index contributed by atoms with van der Waals surface area (Å²) in [5.41, 5.74) is 0. The van der Waals surface area contributed by atoms with Crippen LogP contribution in [0.2, 0.25) is 0 Å². The van der Waals surface area contributed by atoms with E-state index >= 15 is 0 Å². The molecule has 2 heterocycles.